The van der Waals surface area contributed by atoms with Crippen molar-refractivity contribution in [2.24, 2.45) is 0 Å². The summed E-state index contributed by atoms with van der Waals surface area (Å²) in [5, 5.41) is 12.1. The second-order valence-electron chi connectivity index (χ2n) is 4.37. The van der Waals surface area contributed by atoms with E-state index in [0.717, 1.165) is 11.1 Å². The predicted octanol–water partition coefficient (Wildman–Crippen LogP) is 3.32. The smallest absolute Gasteiger partial charge is 0.255 e. The Bertz CT molecular complexity index is 632. The third-order valence-electron chi connectivity index (χ3n) is 2.63. The van der Waals surface area contributed by atoms with Gasteiger partial charge in [0, 0.05) is 11.3 Å². The zero-order valence-corrected chi connectivity index (χ0v) is 10.7. The first kappa shape index (κ1) is 12.9. The number of carbonyl (C=O) groups excluding carboxylic acids is 1. The third-order valence-corrected chi connectivity index (χ3v) is 2.63. The number of phenolic OH excluding ortho intramolecular Hbond substituents is 1. The fourth-order valence-corrected chi connectivity index (χ4v) is 1.79. The summed E-state index contributed by atoms with van der Waals surface area (Å²) in [5.41, 5.74) is 2.91. The van der Waals surface area contributed by atoms with Crippen molar-refractivity contribution in [2.45, 2.75) is 6.92 Å². The Labute approximate surface area is 112 Å². The maximum Gasteiger partial charge on any atom is 0.255 e. The van der Waals surface area contributed by atoms with Gasteiger partial charge in [-0.1, -0.05) is 30.8 Å². The maximum absolute atomic E-state index is 11.9. The lowest BCUT2D eigenvalue weighted by Gasteiger charge is -2.07. The van der Waals surface area contributed by atoms with Gasteiger partial charge in [0.15, 0.2) is 0 Å². The summed E-state index contributed by atoms with van der Waals surface area (Å²) in [4.78, 5) is 11.9. The van der Waals surface area contributed by atoms with Gasteiger partial charge in [0.25, 0.3) is 5.91 Å². The van der Waals surface area contributed by atoms with Gasteiger partial charge in [0.1, 0.15) is 5.75 Å². The van der Waals surface area contributed by atoms with E-state index < -0.39 is 0 Å². The largest absolute Gasteiger partial charge is 0.508 e. The molecule has 0 bridgehead atoms. The second-order valence-corrected chi connectivity index (χ2v) is 4.37. The maximum atomic E-state index is 11.9. The van der Waals surface area contributed by atoms with Crippen LogP contribution < -0.4 is 5.32 Å². The van der Waals surface area contributed by atoms with Crippen molar-refractivity contribution in [3.05, 3.63) is 66.4 Å². The van der Waals surface area contributed by atoms with Crippen LogP contribution in [0, 0.1) is 0 Å². The zero-order valence-electron chi connectivity index (χ0n) is 10.7. The van der Waals surface area contributed by atoms with E-state index in [4.69, 9.17) is 0 Å². The molecule has 0 saturated heterocycles. The molecule has 2 N–H and O–H groups in total. The molecule has 2 aromatic carbocycles. The molecule has 0 fully saturated rings. The molecule has 2 aromatic rings. The van der Waals surface area contributed by atoms with Crippen LogP contribution in [0.25, 0.3) is 11.1 Å². The summed E-state index contributed by atoms with van der Waals surface area (Å²) in [6.45, 7) is 5.38. The highest BCUT2D eigenvalue weighted by atomic mass is 16.3. The molecule has 19 heavy (non-hydrogen) atoms. The molecule has 96 valence electrons. The van der Waals surface area contributed by atoms with Crippen molar-refractivity contribution >= 4 is 5.91 Å². The average Bonchev–Trinajstić information content (AvgIpc) is 2.38. The van der Waals surface area contributed by atoms with Crippen LogP contribution in [0.3, 0.4) is 0 Å². The van der Waals surface area contributed by atoms with Crippen LogP contribution in [0.5, 0.6) is 5.75 Å². The monoisotopic (exact) mass is 253 g/mol. The molecular weight excluding hydrogens is 238 g/mol. The van der Waals surface area contributed by atoms with Crippen molar-refractivity contribution in [1.29, 1.82) is 0 Å². The van der Waals surface area contributed by atoms with Crippen molar-refractivity contribution in [1.82, 2.24) is 5.32 Å². The summed E-state index contributed by atoms with van der Waals surface area (Å²) in [5.74, 6) is 0.0174. The summed E-state index contributed by atoms with van der Waals surface area (Å²) in [7, 11) is 0. The van der Waals surface area contributed by atoms with Crippen molar-refractivity contribution in [3.8, 4) is 16.9 Å². The minimum Gasteiger partial charge on any atom is -0.508 e. The van der Waals surface area contributed by atoms with Gasteiger partial charge in [-0.15, -0.1) is 0 Å². The first-order valence-corrected chi connectivity index (χ1v) is 5.92. The molecule has 3 heteroatoms. The minimum atomic E-state index is -0.186. The van der Waals surface area contributed by atoms with E-state index in [1.807, 2.05) is 18.2 Å². The van der Waals surface area contributed by atoms with Crippen LogP contribution in [0.2, 0.25) is 0 Å². The molecule has 0 saturated carbocycles. The number of rotatable bonds is 3. The fourth-order valence-electron chi connectivity index (χ4n) is 1.79. The Balaban J connectivity index is 2.34. The number of hydrogen-bond acceptors (Lipinski definition) is 2. The molecule has 3 nitrogen and oxygen atoms in total. The van der Waals surface area contributed by atoms with Gasteiger partial charge in [0.05, 0.1) is 0 Å². The Kier molecular flexibility index (Phi) is 3.66. The van der Waals surface area contributed by atoms with Gasteiger partial charge in [-0.25, -0.2) is 0 Å². The molecule has 0 unspecified atom stereocenters. The Morgan fingerprint density at radius 1 is 1.11 bits per heavy atom. The SMILES string of the molecule is C=C(C)NC(=O)c1cccc(-c2cccc(O)c2)c1. The topological polar surface area (TPSA) is 49.3 Å². The van der Waals surface area contributed by atoms with E-state index >= 15 is 0 Å². The molecule has 2 rings (SSSR count). The molecular formula is C16H15NO2. The van der Waals surface area contributed by atoms with Crippen LogP contribution in [-0.4, -0.2) is 11.0 Å². The lowest BCUT2D eigenvalue weighted by atomic mass is 10.0. The highest BCUT2D eigenvalue weighted by Gasteiger charge is 2.07. The van der Waals surface area contributed by atoms with Crippen molar-refractivity contribution in [2.75, 3.05) is 0 Å². The van der Waals surface area contributed by atoms with Crippen LogP contribution in [0.1, 0.15) is 17.3 Å². The molecule has 0 aliphatic carbocycles. The Hall–Kier alpha value is -2.55. The summed E-state index contributed by atoms with van der Waals surface area (Å²) in [6.07, 6.45) is 0. The molecule has 0 atom stereocenters. The van der Waals surface area contributed by atoms with Crippen molar-refractivity contribution < 1.29 is 9.90 Å². The second kappa shape index (κ2) is 5.40. The molecule has 1 amide bonds. The summed E-state index contributed by atoms with van der Waals surface area (Å²) in [6, 6.07) is 14.2. The van der Waals surface area contributed by atoms with Crippen LogP contribution >= 0.6 is 0 Å². The fraction of sp³-hybridized carbons (Fsp3) is 0.0625. The summed E-state index contributed by atoms with van der Waals surface area (Å²) >= 11 is 0. The Morgan fingerprint density at radius 3 is 2.37 bits per heavy atom. The van der Waals surface area contributed by atoms with E-state index in [1.165, 1.54) is 0 Å². The molecule has 0 heterocycles. The Morgan fingerprint density at radius 2 is 1.74 bits per heavy atom. The normalized spacial score (nSPS) is 9.95. The van der Waals surface area contributed by atoms with Gasteiger partial charge < -0.3 is 10.4 Å². The van der Waals surface area contributed by atoms with E-state index in [1.54, 1.807) is 37.3 Å². The lowest BCUT2D eigenvalue weighted by molar-refractivity contribution is 0.0966. The third kappa shape index (κ3) is 3.22. The number of amides is 1. The molecule has 0 spiro atoms. The van der Waals surface area contributed by atoms with Crippen LogP contribution in [0.4, 0.5) is 0 Å². The summed E-state index contributed by atoms with van der Waals surface area (Å²) < 4.78 is 0. The van der Waals surface area contributed by atoms with E-state index in [9.17, 15) is 9.90 Å². The van der Waals surface area contributed by atoms with Crippen LogP contribution in [0.15, 0.2) is 60.8 Å². The average molecular weight is 253 g/mol. The van der Waals surface area contributed by atoms with Gasteiger partial charge >= 0.3 is 0 Å². The predicted molar refractivity (Wildman–Crippen MR) is 75.8 cm³/mol. The highest BCUT2D eigenvalue weighted by molar-refractivity contribution is 5.96. The highest BCUT2D eigenvalue weighted by Crippen LogP contribution is 2.23. The first-order valence-electron chi connectivity index (χ1n) is 5.92. The zero-order chi connectivity index (χ0) is 13.8. The van der Waals surface area contributed by atoms with Gasteiger partial charge in [-0.3, -0.25) is 4.79 Å². The number of allylic oxidation sites excluding steroid dienone is 1. The molecule has 0 radical (unpaired) electrons. The first-order chi connectivity index (χ1) is 9.06. The van der Waals surface area contributed by atoms with Gasteiger partial charge in [-0.05, 0) is 42.3 Å². The minimum absolute atomic E-state index is 0.186. The molecule has 0 aliphatic rings. The van der Waals surface area contributed by atoms with Gasteiger partial charge in [-0.2, -0.15) is 0 Å². The quantitative estimate of drug-likeness (QED) is 0.881. The number of aromatic hydroxyl groups is 1. The number of hydrogen-bond donors (Lipinski definition) is 2. The number of nitrogens with one attached hydrogen (secondary N) is 1. The van der Waals surface area contributed by atoms with E-state index in [2.05, 4.69) is 11.9 Å². The van der Waals surface area contributed by atoms with E-state index in [0.29, 0.717) is 11.3 Å². The number of benzene rings is 2. The number of carbonyl (C=O) groups is 1. The van der Waals surface area contributed by atoms with Crippen LogP contribution in [-0.2, 0) is 0 Å². The molecule has 0 aliphatic heterocycles. The molecule has 0 aromatic heterocycles. The lowest BCUT2D eigenvalue weighted by Crippen LogP contribution is -2.20. The standard InChI is InChI=1S/C16H15NO2/c1-11(2)17-16(19)14-7-3-5-12(9-14)13-6-4-8-15(18)10-13/h3-10,18H,1H2,2H3,(H,17,19). The number of phenols is 1. The van der Waals surface area contributed by atoms with Gasteiger partial charge in [0.2, 0.25) is 0 Å². The van der Waals surface area contributed by atoms with E-state index in [-0.39, 0.29) is 11.7 Å². The van der Waals surface area contributed by atoms with Crippen molar-refractivity contribution in [3.63, 3.8) is 0 Å².